The number of aromatic nitrogens is 4. The average molecular weight is 1110 g/mol. The molecule has 0 bridgehead atoms. The van der Waals surface area contributed by atoms with Crippen LogP contribution >= 0.6 is 23.5 Å². The number of unbranched alkanes of at least 4 members (excludes halogenated alkanes) is 36. The molecule has 0 aliphatic heterocycles. The molecule has 8 heteroatoms. The Morgan fingerprint density at radius 1 is 0.308 bits per heavy atom. The third-order valence-electron chi connectivity index (χ3n) is 19.2. The van der Waals surface area contributed by atoms with Gasteiger partial charge in [-0.05, 0) is 61.8 Å². The van der Waals surface area contributed by atoms with Crippen molar-refractivity contribution in [3.05, 3.63) is 57.1 Å². The minimum atomic E-state index is -0.671. The highest BCUT2D eigenvalue weighted by Crippen LogP contribution is 2.65. The molecule has 0 fully saturated rings. The van der Waals surface area contributed by atoms with E-state index in [1.165, 1.54) is 229 Å². The first-order chi connectivity index (χ1) is 38.3. The molecular weight excluding hydrogens is 999 g/mol. The van der Waals surface area contributed by atoms with E-state index in [9.17, 15) is 0 Å². The van der Waals surface area contributed by atoms with Gasteiger partial charge >= 0.3 is 0 Å². The highest BCUT2D eigenvalue weighted by Gasteiger charge is 2.54. The van der Waals surface area contributed by atoms with Crippen LogP contribution < -0.4 is 0 Å². The van der Waals surface area contributed by atoms with E-state index in [-0.39, 0.29) is 11.6 Å². The Hall–Kier alpha value is -2.84. The second-order valence-electron chi connectivity index (χ2n) is 25.2. The zero-order valence-corrected chi connectivity index (χ0v) is 52.3. The van der Waals surface area contributed by atoms with E-state index in [2.05, 4.69) is 53.7 Å². The van der Waals surface area contributed by atoms with E-state index in [4.69, 9.17) is 17.5 Å². The summed E-state index contributed by atoms with van der Waals surface area (Å²) < 4.78 is 59.3. The highest BCUT2D eigenvalue weighted by atomic mass is 32.1. The van der Waals surface area contributed by atoms with E-state index in [1.807, 2.05) is 0 Å². The average Bonchev–Trinajstić information content (AvgIpc) is 4.37. The molecule has 3 aromatic carbocycles. The van der Waals surface area contributed by atoms with Crippen molar-refractivity contribution in [2.24, 2.45) is 0 Å². The van der Waals surface area contributed by atoms with Crippen LogP contribution in [0, 0.1) is 25.5 Å². The topological polar surface area (TPSA) is 51.6 Å². The Balaban J connectivity index is 1.30. The lowest BCUT2D eigenvalue weighted by molar-refractivity contribution is 0.374. The Labute approximate surface area is 483 Å². The van der Waals surface area contributed by atoms with Gasteiger partial charge in [-0.3, -0.25) is 0 Å². The molecule has 0 saturated heterocycles. The van der Waals surface area contributed by atoms with E-state index < -0.39 is 10.8 Å². The lowest BCUT2D eigenvalue weighted by atomic mass is 9.68. The molecule has 0 radical (unpaired) electrons. The number of rotatable bonds is 44. The fraction of sp³-hybridized carbons (Fsp3) is 0.743. The maximum atomic E-state index is 19.7. The predicted octanol–water partition coefficient (Wildman–Crippen LogP) is 24.4. The van der Waals surface area contributed by atoms with Gasteiger partial charge in [0.2, 0.25) is 0 Å². The van der Waals surface area contributed by atoms with Gasteiger partial charge in [0.1, 0.15) is 33.7 Å². The zero-order chi connectivity index (χ0) is 55.0. The molecule has 0 N–H and O–H groups in total. The molecule has 0 spiro atoms. The highest BCUT2D eigenvalue weighted by molar-refractivity contribution is 7.00. The monoisotopic (exact) mass is 1110 g/mol. The molecule has 2 aliphatic rings. The molecule has 0 amide bonds. The van der Waals surface area contributed by atoms with Crippen molar-refractivity contribution in [3.8, 4) is 22.3 Å². The third kappa shape index (κ3) is 15.4. The number of hydrogen-bond acceptors (Lipinski definition) is 6. The lowest BCUT2D eigenvalue weighted by Crippen LogP contribution is -2.29. The molecule has 0 saturated carbocycles. The van der Waals surface area contributed by atoms with Gasteiger partial charge in [-0.2, -0.15) is 17.5 Å². The summed E-state index contributed by atoms with van der Waals surface area (Å²) in [6.07, 6.45) is 53.1. The lowest BCUT2D eigenvalue weighted by Gasteiger charge is -2.35. The number of halogens is 2. The molecule has 0 atom stereocenters. The molecule has 2 aromatic heterocycles. The summed E-state index contributed by atoms with van der Waals surface area (Å²) in [6.45, 7) is 13.5. The Morgan fingerprint density at radius 2 is 0.526 bits per heavy atom. The predicted molar refractivity (Wildman–Crippen MR) is 336 cm³/mol. The van der Waals surface area contributed by atoms with Crippen LogP contribution in [0.25, 0.3) is 44.3 Å². The fourth-order valence-electron chi connectivity index (χ4n) is 14.7. The van der Waals surface area contributed by atoms with Crippen LogP contribution in [0.4, 0.5) is 8.78 Å². The van der Waals surface area contributed by atoms with Crippen molar-refractivity contribution in [2.75, 3.05) is 0 Å². The number of hydrogen-bond donors (Lipinski definition) is 0. The summed E-state index contributed by atoms with van der Waals surface area (Å²) in [5.41, 5.74) is 10.2. The number of fused-ring (bicyclic) bond motifs is 10. The van der Waals surface area contributed by atoms with Crippen LogP contribution in [0.3, 0.4) is 0 Å². The van der Waals surface area contributed by atoms with Gasteiger partial charge < -0.3 is 0 Å². The zero-order valence-electron chi connectivity index (χ0n) is 50.6. The maximum absolute atomic E-state index is 19.7. The first kappa shape index (κ1) is 62.8. The van der Waals surface area contributed by atoms with Gasteiger partial charge in [0.15, 0.2) is 0 Å². The van der Waals surface area contributed by atoms with Crippen molar-refractivity contribution in [3.63, 3.8) is 0 Å². The minimum Gasteiger partial charge on any atom is -0.206 e. The van der Waals surface area contributed by atoms with E-state index in [1.54, 1.807) is 0 Å². The summed E-state index contributed by atoms with van der Waals surface area (Å²) in [6, 6.07) is 4.63. The standard InChI is InChI=1S/C70H108F2N4S2/c1-7-11-15-19-23-27-31-35-39-43-47-69(48-44-40-36-32-28-24-20-16-12-8-2)55-51-53(5)65-67(75-77-73-65)57(55)59-61(69)63(71)60-58-56(52-54(6)66-68(58)76-78-74-66)70(62(60)64(59)72,49-45-41-37-33-29-25-21-17-13-9-3)50-46-42-38-34-30-26-22-18-14-10-4/h51-52H,7-50H2,1-6H3. The van der Waals surface area contributed by atoms with Gasteiger partial charge in [0.05, 0.1) is 23.5 Å². The summed E-state index contributed by atoms with van der Waals surface area (Å²) in [7, 11) is 0. The molecule has 7 rings (SSSR count). The van der Waals surface area contributed by atoms with Crippen molar-refractivity contribution >= 4 is 45.5 Å². The Morgan fingerprint density at radius 3 is 0.769 bits per heavy atom. The van der Waals surface area contributed by atoms with Gasteiger partial charge in [0, 0.05) is 44.2 Å². The molecule has 5 aromatic rings. The Bertz CT molecular complexity index is 2320. The van der Waals surface area contributed by atoms with E-state index in [0.29, 0.717) is 22.3 Å². The normalized spacial score (nSPS) is 14.1. The molecular formula is C70H108F2N4S2. The first-order valence-corrected chi connectivity index (χ1v) is 34.9. The van der Waals surface area contributed by atoms with Crippen LogP contribution in [0.1, 0.15) is 344 Å². The fourth-order valence-corrected chi connectivity index (χ4v) is 15.9. The van der Waals surface area contributed by atoms with Crippen molar-refractivity contribution in [1.29, 1.82) is 0 Å². The van der Waals surface area contributed by atoms with Gasteiger partial charge in [-0.25, -0.2) is 8.78 Å². The van der Waals surface area contributed by atoms with E-state index >= 15 is 8.78 Å². The van der Waals surface area contributed by atoms with Crippen molar-refractivity contribution in [1.82, 2.24) is 17.5 Å². The second kappa shape index (κ2) is 33.3. The first-order valence-electron chi connectivity index (χ1n) is 33.4. The van der Waals surface area contributed by atoms with Crippen LogP contribution in [-0.4, -0.2) is 17.5 Å². The second-order valence-corrected chi connectivity index (χ2v) is 26.2. The SMILES string of the molecule is CCCCCCCCCCCCC1(CCCCCCCCCCCC)c2cc(C)c3nsnc3c2-c2c(F)c3c(c(F)c21)-c1c(cc(C)c2nsnc12)C3(CCCCCCCCCCCC)CCCCCCCCCCCC. The molecule has 2 heterocycles. The molecule has 434 valence electrons. The number of nitrogens with zero attached hydrogens (tertiary/aromatic N) is 4. The maximum Gasteiger partial charge on any atom is 0.136 e. The number of aryl methyl sites for hydroxylation is 2. The smallest absolute Gasteiger partial charge is 0.136 e. The van der Waals surface area contributed by atoms with Crippen LogP contribution in [0.15, 0.2) is 12.1 Å². The van der Waals surface area contributed by atoms with Gasteiger partial charge in [0.25, 0.3) is 0 Å². The molecule has 78 heavy (non-hydrogen) atoms. The number of benzene rings is 3. The summed E-state index contributed by atoms with van der Waals surface area (Å²) in [4.78, 5) is 0. The molecule has 4 nitrogen and oxygen atoms in total. The third-order valence-corrected chi connectivity index (χ3v) is 20.2. The quantitative estimate of drug-likeness (QED) is 0.0365. The van der Waals surface area contributed by atoms with Crippen LogP contribution in [-0.2, 0) is 10.8 Å². The minimum absolute atomic E-state index is 0.182. The Kier molecular flexibility index (Phi) is 26.8. The largest absolute Gasteiger partial charge is 0.206 e. The van der Waals surface area contributed by atoms with Crippen LogP contribution in [0.2, 0.25) is 0 Å². The summed E-state index contributed by atoms with van der Waals surface area (Å²) >= 11 is 2.45. The summed E-state index contributed by atoms with van der Waals surface area (Å²) in [5.74, 6) is -0.364. The van der Waals surface area contributed by atoms with Crippen LogP contribution in [0.5, 0.6) is 0 Å². The van der Waals surface area contributed by atoms with Gasteiger partial charge in [-0.1, -0.05) is 297 Å². The van der Waals surface area contributed by atoms with E-state index in [0.717, 1.165) is 132 Å². The van der Waals surface area contributed by atoms with Gasteiger partial charge in [-0.15, -0.1) is 0 Å². The van der Waals surface area contributed by atoms with Crippen molar-refractivity contribution in [2.45, 2.75) is 335 Å². The molecule has 0 unspecified atom stereocenters. The summed E-state index contributed by atoms with van der Waals surface area (Å²) in [5, 5.41) is 0. The van der Waals surface area contributed by atoms with Crippen molar-refractivity contribution < 1.29 is 8.78 Å². The molecule has 2 aliphatic carbocycles.